The van der Waals surface area contributed by atoms with Crippen molar-refractivity contribution in [1.29, 1.82) is 0 Å². The first-order valence-electron chi connectivity index (χ1n) is 26.5. The van der Waals surface area contributed by atoms with Crippen LogP contribution in [-0.2, 0) is 4.79 Å². The number of aliphatic hydroxyl groups is 2. The summed E-state index contributed by atoms with van der Waals surface area (Å²) in [6.07, 6.45) is 86.7. The van der Waals surface area contributed by atoms with E-state index in [4.69, 9.17) is 0 Å². The maximum Gasteiger partial charge on any atom is 0.220 e. The number of carbonyl (C=O) groups excluding carboxylic acids is 1. The molecule has 0 bridgehead atoms. The van der Waals surface area contributed by atoms with Crippen LogP contribution in [0.4, 0.5) is 0 Å². The molecule has 0 fully saturated rings. The lowest BCUT2D eigenvalue weighted by atomic mass is 10.0. The molecule has 3 N–H and O–H groups in total. The van der Waals surface area contributed by atoms with Crippen LogP contribution in [0.5, 0.6) is 0 Å². The van der Waals surface area contributed by atoms with E-state index in [1.54, 1.807) is 0 Å². The van der Waals surface area contributed by atoms with Crippen molar-refractivity contribution < 1.29 is 15.0 Å². The van der Waals surface area contributed by atoms with Gasteiger partial charge in [0.15, 0.2) is 0 Å². The quantitative estimate of drug-likeness (QED) is 0.0421. The van der Waals surface area contributed by atoms with Gasteiger partial charge in [-0.05, 0) is 103 Å². The lowest BCUT2D eigenvalue weighted by molar-refractivity contribution is -0.123. The standard InChI is InChI=1S/C61H99NO3/c1-3-5-7-9-11-13-15-17-18-19-20-21-22-23-24-25-26-27-28-29-30-31-32-33-34-35-36-37-38-39-40-41-42-43-44-45-47-49-51-53-55-57-61(65)62-59(58-63)60(64)56-54-52-50-48-46-16-14-12-10-8-6-4-2/h5,7,11,13,17-18,20-21,23-24,26-27,29-30,32-33,35-36,38-39,41-42,44-45,59-60,63-64H,3-4,6,8-10,12,14-16,19,22,25,28,31,34,37,40,43,46-58H2,1-2H3,(H,62,65)/b7-5-,13-11-,18-17-,21-20-,24-23-,27-26-,30-29-,33-32-,36-35-,39-38-,42-41-,45-44-. The fourth-order valence-corrected chi connectivity index (χ4v) is 7.11. The van der Waals surface area contributed by atoms with E-state index in [2.05, 4.69) is 165 Å². The number of nitrogens with one attached hydrogen (secondary N) is 1. The summed E-state index contributed by atoms with van der Waals surface area (Å²) in [4.78, 5) is 12.4. The SMILES string of the molecule is CC/C=C\C/C=C\C/C=C\C/C=C\C/C=C\C/C=C\C/C=C\C/C=C\C/C=C\C/C=C\C/C=C\C/C=C\CCCCCCC(=O)NC(CO)C(O)CCCCCCCCCCCCCC. The molecule has 0 aromatic carbocycles. The Hall–Kier alpha value is -3.73. The first-order valence-corrected chi connectivity index (χ1v) is 26.5. The molecule has 366 valence electrons. The Kier molecular flexibility index (Phi) is 51.5. The molecular weight excluding hydrogens is 795 g/mol. The molecule has 2 unspecified atom stereocenters. The summed E-state index contributed by atoms with van der Waals surface area (Å²) in [5, 5.41) is 23.2. The van der Waals surface area contributed by atoms with E-state index in [0.29, 0.717) is 12.8 Å². The minimum Gasteiger partial charge on any atom is -0.394 e. The van der Waals surface area contributed by atoms with E-state index < -0.39 is 12.1 Å². The van der Waals surface area contributed by atoms with Gasteiger partial charge >= 0.3 is 0 Å². The third kappa shape index (κ3) is 51.1. The summed E-state index contributed by atoms with van der Waals surface area (Å²) in [6.45, 7) is 4.21. The van der Waals surface area contributed by atoms with Crippen molar-refractivity contribution >= 4 is 5.91 Å². The number of amides is 1. The Morgan fingerprint density at radius 2 is 0.677 bits per heavy atom. The molecule has 0 spiro atoms. The maximum atomic E-state index is 12.4. The Morgan fingerprint density at radius 3 is 1.02 bits per heavy atom. The monoisotopic (exact) mass is 894 g/mol. The normalized spacial score (nSPS) is 14.1. The minimum atomic E-state index is -0.679. The number of aliphatic hydroxyl groups excluding tert-OH is 2. The van der Waals surface area contributed by atoms with Crippen LogP contribution >= 0.6 is 0 Å². The smallest absolute Gasteiger partial charge is 0.220 e. The minimum absolute atomic E-state index is 0.0630. The highest BCUT2D eigenvalue weighted by Crippen LogP contribution is 2.14. The van der Waals surface area contributed by atoms with Crippen LogP contribution < -0.4 is 5.32 Å². The van der Waals surface area contributed by atoms with Crippen molar-refractivity contribution in [2.45, 2.75) is 225 Å². The molecule has 0 rings (SSSR count). The van der Waals surface area contributed by atoms with Gasteiger partial charge in [0.2, 0.25) is 5.91 Å². The molecule has 0 aliphatic rings. The largest absolute Gasteiger partial charge is 0.394 e. The van der Waals surface area contributed by atoms with Gasteiger partial charge in [-0.1, -0.05) is 250 Å². The molecule has 2 atom stereocenters. The third-order valence-electron chi connectivity index (χ3n) is 11.1. The molecular formula is C61H99NO3. The van der Waals surface area contributed by atoms with Crippen molar-refractivity contribution in [1.82, 2.24) is 5.32 Å². The number of allylic oxidation sites excluding steroid dienone is 24. The molecule has 0 saturated heterocycles. The predicted octanol–water partition coefficient (Wildman–Crippen LogP) is 17.6. The van der Waals surface area contributed by atoms with Gasteiger partial charge in [-0.3, -0.25) is 4.79 Å². The molecule has 0 radical (unpaired) electrons. The number of unbranched alkanes of at least 4 members (excludes halogenated alkanes) is 15. The molecule has 0 saturated carbocycles. The summed E-state index contributed by atoms with van der Waals surface area (Å²) in [6, 6.07) is -0.559. The third-order valence-corrected chi connectivity index (χ3v) is 11.1. The van der Waals surface area contributed by atoms with Crippen LogP contribution in [-0.4, -0.2) is 34.9 Å². The number of hydrogen-bond donors (Lipinski definition) is 3. The van der Waals surface area contributed by atoms with E-state index in [9.17, 15) is 15.0 Å². The molecule has 0 aliphatic heterocycles. The lowest BCUT2D eigenvalue weighted by Gasteiger charge is -2.22. The number of rotatable bonds is 46. The van der Waals surface area contributed by atoms with Gasteiger partial charge in [-0.15, -0.1) is 0 Å². The molecule has 1 amide bonds. The maximum absolute atomic E-state index is 12.4. The van der Waals surface area contributed by atoms with Gasteiger partial charge in [0.05, 0.1) is 18.8 Å². The highest BCUT2D eigenvalue weighted by Gasteiger charge is 2.20. The van der Waals surface area contributed by atoms with Gasteiger partial charge in [0.25, 0.3) is 0 Å². The van der Waals surface area contributed by atoms with Gasteiger partial charge in [0, 0.05) is 6.42 Å². The molecule has 0 aromatic heterocycles. The highest BCUT2D eigenvalue weighted by molar-refractivity contribution is 5.76. The topological polar surface area (TPSA) is 69.6 Å². The Morgan fingerprint density at radius 1 is 0.385 bits per heavy atom. The summed E-state index contributed by atoms with van der Waals surface area (Å²) >= 11 is 0. The summed E-state index contributed by atoms with van der Waals surface area (Å²) in [7, 11) is 0. The molecule has 4 heteroatoms. The van der Waals surface area contributed by atoms with E-state index in [1.807, 2.05) is 0 Å². The second-order valence-electron chi connectivity index (χ2n) is 17.2. The number of carbonyl (C=O) groups is 1. The summed E-state index contributed by atoms with van der Waals surface area (Å²) in [5.74, 6) is -0.0630. The first-order chi connectivity index (χ1) is 32.2. The zero-order chi connectivity index (χ0) is 47.0. The van der Waals surface area contributed by atoms with Gasteiger partial charge in [-0.25, -0.2) is 0 Å². The van der Waals surface area contributed by atoms with Crippen LogP contribution in [0.1, 0.15) is 213 Å². The van der Waals surface area contributed by atoms with Crippen molar-refractivity contribution in [2.24, 2.45) is 0 Å². The van der Waals surface area contributed by atoms with Gasteiger partial charge < -0.3 is 15.5 Å². The van der Waals surface area contributed by atoms with Crippen LogP contribution in [0.15, 0.2) is 146 Å². The van der Waals surface area contributed by atoms with Crippen molar-refractivity contribution in [3.63, 3.8) is 0 Å². The summed E-state index contributed by atoms with van der Waals surface area (Å²) in [5.41, 5.74) is 0. The predicted molar refractivity (Wildman–Crippen MR) is 289 cm³/mol. The molecule has 4 nitrogen and oxygen atoms in total. The van der Waals surface area contributed by atoms with Crippen molar-refractivity contribution in [2.75, 3.05) is 6.61 Å². The molecule has 0 aliphatic carbocycles. The fraction of sp³-hybridized carbons (Fsp3) is 0.590. The average Bonchev–Trinajstić information content (AvgIpc) is 3.31. The first kappa shape index (κ1) is 61.3. The molecule has 65 heavy (non-hydrogen) atoms. The second kappa shape index (κ2) is 54.6. The van der Waals surface area contributed by atoms with Crippen LogP contribution in [0.3, 0.4) is 0 Å². The van der Waals surface area contributed by atoms with E-state index >= 15 is 0 Å². The van der Waals surface area contributed by atoms with Crippen LogP contribution in [0.25, 0.3) is 0 Å². The van der Waals surface area contributed by atoms with E-state index in [-0.39, 0.29) is 12.5 Å². The zero-order valence-electron chi connectivity index (χ0n) is 41.9. The Balaban J connectivity index is 3.69. The van der Waals surface area contributed by atoms with Crippen LogP contribution in [0.2, 0.25) is 0 Å². The average molecular weight is 894 g/mol. The molecule has 0 heterocycles. The Bertz CT molecular complexity index is 1380. The summed E-state index contributed by atoms with van der Waals surface area (Å²) < 4.78 is 0. The van der Waals surface area contributed by atoms with E-state index in [1.165, 1.54) is 64.2 Å². The van der Waals surface area contributed by atoms with E-state index in [0.717, 1.165) is 122 Å². The zero-order valence-corrected chi connectivity index (χ0v) is 41.9. The number of hydrogen-bond acceptors (Lipinski definition) is 3. The van der Waals surface area contributed by atoms with Crippen LogP contribution in [0, 0.1) is 0 Å². The Labute approximate surface area is 402 Å². The molecule has 0 aromatic rings. The van der Waals surface area contributed by atoms with Crippen molar-refractivity contribution in [3.05, 3.63) is 146 Å². The van der Waals surface area contributed by atoms with Gasteiger partial charge in [-0.2, -0.15) is 0 Å². The van der Waals surface area contributed by atoms with Crippen molar-refractivity contribution in [3.8, 4) is 0 Å². The lowest BCUT2D eigenvalue weighted by Crippen LogP contribution is -2.45. The highest BCUT2D eigenvalue weighted by atomic mass is 16.3. The van der Waals surface area contributed by atoms with Gasteiger partial charge in [0.1, 0.15) is 0 Å². The second-order valence-corrected chi connectivity index (χ2v) is 17.2. The fourth-order valence-electron chi connectivity index (χ4n) is 7.11.